The highest BCUT2D eigenvalue weighted by Gasteiger charge is 2.75. The predicted molar refractivity (Wildman–Crippen MR) is 114 cm³/mol. The lowest BCUT2D eigenvalue weighted by molar-refractivity contribution is 0.0885. The van der Waals surface area contributed by atoms with Crippen LogP contribution in [-0.2, 0) is 10.2 Å². The van der Waals surface area contributed by atoms with E-state index >= 15 is 0 Å². The van der Waals surface area contributed by atoms with E-state index in [4.69, 9.17) is 4.74 Å². The van der Waals surface area contributed by atoms with Gasteiger partial charge in [0.05, 0.1) is 18.2 Å². The summed E-state index contributed by atoms with van der Waals surface area (Å²) in [5.74, 6) is 0.979. The van der Waals surface area contributed by atoms with E-state index in [1.165, 1.54) is 24.0 Å². The molecule has 1 aromatic rings. The molecule has 4 unspecified atom stereocenters. The first kappa shape index (κ1) is 18.9. The van der Waals surface area contributed by atoms with Crippen LogP contribution in [0.4, 0.5) is 4.79 Å². The van der Waals surface area contributed by atoms with E-state index < -0.39 is 0 Å². The van der Waals surface area contributed by atoms with E-state index in [2.05, 4.69) is 34.9 Å². The van der Waals surface area contributed by atoms with Crippen LogP contribution in [0.1, 0.15) is 73.4 Å². The molecule has 3 aliphatic carbocycles. The molecule has 0 radical (unpaired) electrons. The van der Waals surface area contributed by atoms with Crippen LogP contribution < -0.4 is 0 Å². The number of hydrogen-bond acceptors (Lipinski definition) is 4. The standard InChI is InChI=1S/C25H32N2O3/c1-3-30-23(29)27-22-7-5-17-13-18(14-25(17,22)27)26-10-8-24(9-11-26)15-21(28)19-12-16(2)4-6-20(19)24/h4,6,12,17-18,22H,3,5,7-11,13-15H2,1-2H3. The Bertz CT molecular complexity index is 919. The lowest BCUT2D eigenvalue weighted by Crippen LogP contribution is -2.46. The summed E-state index contributed by atoms with van der Waals surface area (Å²) in [5, 5.41) is 0. The number of nitrogens with zero attached hydrogens (tertiary/aromatic N) is 2. The Balaban J connectivity index is 1.16. The van der Waals surface area contributed by atoms with Crippen molar-refractivity contribution in [2.45, 2.75) is 81.8 Å². The monoisotopic (exact) mass is 408 g/mol. The highest BCUT2D eigenvalue weighted by Crippen LogP contribution is 2.65. The molecule has 5 nitrogen and oxygen atoms in total. The number of likely N-dealkylation sites (tertiary alicyclic amines) is 2. The molecule has 2 saturated carbocycles. The Morgan fingerprint density at radius 2 is 2.03 bits per heavy atom. The van der Waals surface area contributed by atoms with Crippen LogP contribution in [-0.4, -0.2) is 59.0 Å². The van der Waals surface area contributed by atoms with Crippen LogP contribution in [0.2, 0.25) is 0 Å². The number of amides is 1. The Morgan fingerprint density at radius 1 is 1.23 bits per heavy atom. The zero-order valence-electron chi connectivity index (χ0n) is 18.2. The Labute approximate surface area is 178 Å². The summed E-state index contributed by atoms with van der Waals surface area (Å²) in [7, 11) is 0. The molecule has 1 aromatic carbocycles. The third kappa shape index (κ3) is 2.39. The molecule has 4 fully saturated rings. The minimum absolute atomic E-state index is 0.0580. The van der Waals surface area contributed by atoms with E-state index in [0.29, 0.717) is 36.8 Å². The first-order valence-electron chi connectivity index (χ1n) is 11.8. The Morgan fingerprint density at radius 3 is 2.80 bits per heavy atom. The van der Waals surface area contributed by atoms with Gasteiger partial charge in [0.25, 0.3) is 0 Å². The maximum Gasteiger partial charge on any atom is 0.410 e. The maximum atomic E-state index is 12.7. The average molecular weight is 409 g/mol. The molecule has 0 aromatic heterocycles. The predicted octanol–water partition coefficient (Wildman–Crippen LogP) is 4.07. The third-order valence-corrected chi connectivity index (χ3v) is 9.17. The van der Waals surface area contributed by atoms with Crippen LogP contribution >= 0.6 is 0 Å². The van der Waals surface area contributed by atoms with E-state index in [1.54, 1.807) is 0 Å². The number of benzene rings is 1. The van der Waals surface area contributed by atoms with E-state index in [0.717, 1.165) is 44.3 Å². The summed E-state index contributed by atoms with van der Waals surface area (Å²) < 4.78 is 5.34. The second-order valence-corrected chi connectivity index (χ2v) is 10.4. The largest absolute Gasteiger partial charge is 0.450 e. The zero-order chi connectivity index (χ0) is 20.7. The van der Waals surface area contributed by atoms with Crippen molar-refractivity contribution in [2.75, 3.05) is 19.7 Å². The minimum atomic E-state index is -0.0955. The molecule has 30 heavy (non-hydrogen) atoms. The van der Waals surface area contributed by atoms with Gasteiger partial charge in [-0.3, -0.25) is 9.69 Å². The second kappa shape index (κ2) is 6.32. The first-order chi connectivity index (χ1) is 14.5. The van der Waals surface area contributed by atoms with Gasteiger partial charge in [-0.2, -0.15) is 0 Å². The van der Waals surface area contributed by atoms with Gasteiger partial charge < -0.3 is 9.64 Å². The number of ether oxygens (including phenoxy) is 1. The van der Waals surface area contributed by atoms with Crippen molar-refractivity contribution in [3.8, 4) is 0 Å². The molecule has 6 rings (SSSR count). The van der Waals surface area contributed by atoms with Crippen molar-refractivity contribution in [1.29, 1.82) is 0 Å². The SMILES string of the molecule is CCOC(=O)N1C2CCC3CC(N4CCC5(CC4)CC(=O)c4cc(C)ccc45)CC321. The number of ketones is 1. The fourth-order valence-corrected chi connectivity index (χ4v) is 7.76. The molecule has 1 amide bonds. The highest BCUT2D eigenvalue weighted by molar-refractivity contribution is 6.02. The number of fused-ring (bicyclic) bond motifs is 2. The number of rotatable bonds is 2. The number of hydrogen-bond donors (Lipinski definition) is 0. The minimum Gasteiger partial charge on any atom is -0.450 e. The van der Waals surface area contributed by atoms with Gasteiger partial charge >= 0.3 is 6.09 Å². The molecule has 2 heterocycles. The van der Waals surface area contributed by atoms with E-state index in [-0.39, 0.29) is 17.0 Å². The fraction of sp³-hybridized carbons (Fsp3) is 0.680. The number of carbonyl (C=O) groups is 2. The molecule has 2 spiro atoms. The molecule has 5 aliphatic rings. The molecule has 5 heteroatoms. The Hall–Kier alpha value is -1.88. The van der Waals surface area contributed by atoms with Gasteiger partial charge in [-0.15, -0.1) is 0 Å². The summed E-state index contributed by atoms with van der Waals surface area (Å²) in [4.78, 5) is 29.9. The number of aryl methyl sites for hydroxylation is 1. The number of Topliss-reactive ketones (excluding diaryl/α,β-unsaturated/α-hetero) is 1. The first-order valence-corrected chi connectivity index (χ1v) is 11.8. The normalized spacial score (nSPS) is 36.0. The average Bonchev–Trinajstić information content (AvgIpc) is 2.96. The van der Waals surface area contributed by atoms with Gasteiger partial charge in [0.2, 0.25) is 0 Å². The van der Waals surface area contributed by atoms with Crippen LogP contribution in [0.5, 0.6) is 0 Å². The Kier molecular flexibility index (Phi) is 3.97. The van der Waals surface area contributed by atoms with Gasteiger partial charge in [0, 0.05) is 23.4 Å². The number of piperidine rings is 2. The lowest BCUT2D eigenvalue weighted by Gasteiger charge is -2.42. The van der Waals surface area contributed by atoms with Crippen molar-refractivity contribution < 1.29 is 14.3 Å². The van der Waals surface area contributed by atoms with Crippen molar-refractivity contribution in [3.63, 3.8) is 0 Å². The topological polar surface area (TPSA) is 49.6 Å². The van der Waals surface area contributed by atoms with Gasteiger partial charge in [-0.25, -0.2) is 4.79 Å². The van der Waals surface area contributed by atoms with E-state index in [1.807, 2.05) is 6.92 Å². The molecule has 2 aliphatic heterocycles. The van der Waals surface area contributed by atoms with Crippen LogP contribution in [0, 0.1) is 12.8 Å². The smallest absolute Gasteiger partial charge is 0.410 e. The summed E-state index contributed by atoms with van der Waals surface area (Å²) >= 11 is 0. The van der Waals surface area contributed by atoms with Crippen LogP contribution in [0.3, 0.4) is 0 Å². The zero-order valence-corrected chi connectivity index (χ0v) is 18.2. The van der Waals surface area contributed by atoms with Gasteiger partial charge in [0.1, 0.15) is 0 Å². The van der Waals surface area contributed by atoms with Crippen LogP contribution in [0.15, 0.2) is 18.2 Å². The summed E-state index contributed by atoms with van der Waals surface area (Å²) in [5.41, 5.74) is 3.61. The van der Waals surface area contributed by atoms with Gasteiger partial charge in [-0.05, 0) is 83.0 Å². The molecule has 4 atom stereocenters. The second-order valence-electron chi connectivity index (χ2n) is 10.4. The summed E-state index contributed by atoms with van der Waals surface area (Å²) in [6.45, 7) is 6.55. The quantitative estimate of drug-likeness (QED) is 0.693. The number of carbonyl (C=O) groups excluding carboxylic acids is 2. The van der Waals surface area contributed by atoms with E-state index in [9.17, 15) is 9.59 Å². The van der Waals surface area contributed by atoms with Gasteiger partial charge in [0.15, 0.2) is 5.78 Å². The molecule has 160 valence electrons. The maximum absolute atomic E-state index is 12.7. The highest BCUT2D eigenvalue weighted by atomic mass is 16.6. The van der Waals surface area contributed by atoms with Crippen molar-refractivity contribution in [2.24, 2.45) is 5.92 Å². The molecule has 0 bridgehead atoms. The molecular weight excluding hydrogens is 376 g/mol. The van der Waals surface area contributed by atoms with Crippen LogP contribution in [0.25, 0.3) is 0 Å². The molecule has 0 N–H and O–H groups in total. The third-order valence-electron chi connectivity index (χ3n) is 9.17. The molecule has 2 saturated heterocycles. The van der Waals surface area contributed by atoms with Crippen molar-refractivity contribution in [3.05, 3.63) is 34.9 Å². The van der Waals surface area contributed by atoms with Gasteiger partial charge in [-0.1, -0.05) is 17.7 Å². The summed E-state index contributed by atoms with van der Waals surface area (Å²) in [6.07, 6.45) is 7.49. The lowest BCUT2D eigenvalue weighted by atomic mass is 9.73. The van der Waals surface area contributed by atoms with Crippen molar-refractivity contribution >= 4 is 11.9 Å². The fourth-order valence-electron chi connectivity index (χ4n) is 7.76. The van der Waals surface area contributed by atoms with Crippen molar-refractivity contribution in [1.82, 2.24) is 9.80 Å². The molecular formula is C25H32N2O3. The summed E-state index contributed by atoms with van der Waals surface area (Å²) in [6, 6.07) is 7.47.